The van der Waals surface area contributed by atoms with Crippen molar-refractivity contribution in [1.29, 1.82) is 0 Å². The number of benzene rings is 2. The molecule has 140 valence electrons. The maximum absolute atomic E-state index is 12.6. The van der Waals surface area contributed by atoms with Gasteiger partial charge in [-0.25, -0.2) is 0 Å². The summed E-state index contributed by atoms with van der Waals surface area (Å²) in [7, 11) is 1.63. The summed E-state index contributed by atoms with van der Waals surface area (Å²) in [6.45, 7) is 2.27. The topological polar surface area (TPSA) is 60.7 Å². The van der Waals surface area contributed by atoms with Crippen molar-refractivity contribution in [2.45, 2.75) is 13.5 Å². The number of hydrogen-bond donors (Lipinski definition) is 0. The first-order valence-electron chi connectivity index (χ1n) is 8.40. The normalized spacial score (nSPS) is 11.7. The Bertz CT molecular complexity index is 1050. The molecule has 0 aliphatic carbocycles. The zero-order valence-electron chi connectivity index (χ0n) is 15.4. The average Bonchev–Trinajstić information content (AvgIpc) is 3.02. The summed E-state index contributed by atoms with van der Waals surface area (Å²) in [5.74, 6) is 1.35. The minimum atomic E-state index is -0.318. The summed E-state index contributed by atoms with van der Waals surface area (Å²) in [5.41, 5.74) is 2.08. The van der Waals surface area contributed by atoms with Crippen LogP contribution in [0.2, 0.25) is 0 Å². The van der Waals surface area contributed by atoms with Crippen LogP contribution in [0.5, 0.6) is 5.75 Å². The highest BCUT2D eigenvalue weighted by Crippen LogP contribution is 2.23. The van der Waals surface area contributed by atoms with Crippen LogP contribution in [0.4, 0.5) is 0 Å². The summed E-state index contributed by atoms with van der Waals surface area (Å²) in [5, 5.41) is 0. The van der Waals surface area contributed by atoms with Gasteiger partial charge >= 0.3 is 0 Å². The molecule has 1 amide bonds. The van der Waals surface area contributed by atoms with Gasteiger partial charge in [-0.15, -0.1) is 0 Å². The van der Waals surface area contributed by atoms with Gasteiger partial charge < -0.3 is 9.30 Å². The minimum Gasteiger partial charge on any atom is -0.497 e. The third-order valence-corrected chi connectivity index (χ3v) is 5.78. The van der Waals surface area contributed by atoms with Crippen molar-refractivity contribution >= 4 is 45.0 Å². The molecule has 5 nitrogen and oxygen atoms in total. The highest BCUT2D eigenvalue weighted by molar-refractivity contribution is 7.98. The number of hydrogen-bond acceptors (Lipinski definition) is 5. The second kappa shape index (κ2) is 8.54. The maximum Gasteiger partial charge on any atom is 0.279 e. The predicted octanol–water partition coefficient (Wildman–Crippen LogP) is 4.02. The molecule has 0 aliphatic heterocycles. The van der Waals surface area contributed by atoms with Crippen LogP contribution in [0.15, 0.2) is 47.5 Å². The highest BCUT2D eigenvalue weighted by Gasteiger charge is 2.11. The Balaban J connectivity index is 2.04. The lowest BCUT2D eigenvalue weighted by molar-refractivity contribution is 0.0991. The first-order chi connectivity index (χ1) is 13.0. The van der Waals surface area contributed by atoms with Crippen LogP contribution in [0.25, 0.3) is 10.2 Å². The second-order valence-corrected chi connectivity index (χ2v) is 7.91. The summed E-state index contributed by atoms with van der Waals surface area (Å²) in [4.78, 5) is 29.0. The number of Topliss-reactive ketones (excluding diaryl/α,β-unsaturated/α-hetero) is 1. The summed E-state index contributed by atoms with van der Waals surface area (Å²) in [6, 6.07) is 12.5. The first kappa shape index (κ1) is 19.4. The maximum atomic E-state index is 12.6. The van der Waals surface area contributed by atoms with Crippen LogP contribution >= 0.6 is 23.1 Å². The number of fused-ring (bicyclic) bond motifs is 1. The lowest BCUT2D eigenvalue weighted by atomic mass is 10.1. The third kappa shape index (κ3) is 4.31. The van der Waals surface area contributed by atoms with Gasteiger partial charge in [0.1, 0.15) is 5.75 Å². The fourth-order valence-electron chi connectivity index (χ4n) is 2.66. The van der Waals surface area contributed by atoms with Gasteiger partial charge in [0.2, 0.25) is 0 Å². The molecule has 1 heterocycles. The van der Waals surface area contributed by atoms with E-state index in [4.69, 9.17) is 4.74 Å². The minimum absolute atomic E-state index is 0.0284. The van der Waals surface area contributed by atoms with Crippen LogP contribution in [0, 0.1) is 0 Å². The molecule has 7 heteroatoms. The molecule has 27 heavy (non-hydrogen) atoms. The Hall–Kier alpha value is -2.38. The van der Waals surface area contributed by atoms with Crippen LogP contribution < -0.4 is 9.54 Å². The molecule has 1 aromatic heterocycles. The van der Waals surface area contributed by atoms with E-state index in [1.54, 1.807) is 43.1 Å². The number of nitrogens with zero attached hydrogens (tertiary/aromatic N) is 2. The standard InChI is InChI=1S/C20H20N2O3S2/c1-13(23)14-4-6-15(7-5-14)19(24)21-20-22(10-11-26-3)17-9-8-16(25-2)12-18(17)27-20/h4-9,12H,10-11H2,1-3H3. The molecular formula is C20H20N2O3S2. The Labute approximate surface area is 165 Å². The molecule has 0 atom stereocenters. The van der Waals surface area contributed by atoms with E-state index in [0.717, 1.165) is 28.3 Å². The SMILES string of the molecule is COc1ccc2c(c1)sc(=NC(=O)c1ccc(C(C)=O)cc1)n2CCSC. The van der Waals surface area contributed by atoms with E-state index in [1.165, 1.54) is 18.3 Å². The predicted molar refractivity (Wildman–Crippen MR) is 111 cm³/mol. The highest BCUT2D eigenvalue weighted by atomic mass is 32.2. The molecule has 0 saturated heterocycles. The number of carbonyl (C=O) groups excluding carboxylic acids is 2. The van der Waals surface area contributed by atoms with Gasteiger partial charge in [-0.3, -0.25) is 9.59 Å². The van der Waals surface area contributed by atoms with Gasteiger partial charge in [0.05, 0.1) is 17.3 Å². The van der Waals surface area contributed by atoms with Gasteiger partial charge in [0.15, 0.2) is 10.6 Å². The molecule has 0 N–H and O–H groups in total. The Morgan fingerprint density at radius 2 is 1.85 bits per heavy atom. The third-order valence-electron chi connectivity index (χ3n) is 4.14. The van der Waals surface area contributed by atoms with Crippen molar-refractivity contribution in [3.8, 4) is 5.75 Å². The average molecular weight is 401 g/mol. The van der Waals surface area contributed by atoms with Crippen LogP contribution in [-0.2, 0) is 6.54 Å². The van der Waals surface area contributed by atoms with Crippen LogP contribution in [0.3, 0.4) is 0 Å². The number of thioether (sulfide) groups is 1. The van der Waals surface area contributed by atoms with Crippen LogP contribution in [0.1, 0.15) is 27.6 Å². The summed E-state index contributed by atoms with van der Waals surface area (Å²) >= 11 is 3.21. The Morgan fingerprint density at radius 3 is 2.48 bits per heavy atom. The van der Waals surface area contributed by atoms with Crippen molar-refractivity contribution in [2.24, 2.45) is 4.99 Å². The second-order valence-electron chi connectivity index (χ2n) is 5.91. The fourth-order valence-corrected chi connectivity index (χ4v) is 4.11. The molecule has 0 saturated carbocycles. The van der Waals surface area contributed by atoms with E-state index >= 15 is 0 Å². The number of amides is 1. The van der Waals surface area contributed by atoms with Crippen molar-refractivity contribution < 1.29 is 14.3 Å². The number of ketones is 1. The van der Waals surface area contributed by atoms with Gasteiger partial charge in [-0.05, 0) is 43.5 Å². The zero-order valence-corrected chi connectivity index (χ0v) is 17.0. The van der Waals surface area contributed by atoms with Crippen molar-refractivity contribution in [3.05, 3.63) is 58.4 Å². The number of ether oxygens (including phenoxy) is 1. The molecular weight excluding hydrogens is 380 g/mol. The molecule has 0 bridgehead atoms. The van der Waals surface area contributed by atoms with Gasteiger partial charge in [-0.1, -0.05) is 23.5 Å². The summed E-state index contributed by atoms with van der Waals surface area (Å²) < 4.78 is 8.39. The van der Waals surface area contributed by atoms with E-state index in [1.807, 2.05) is 18.2 Å². The van der Waals surface area contributed by atoms with Gasteiger partial charge in [0.25, 0.3) is 5.91 Å². The fraction of sp³-hybridized carbons (Fsp3) is 0.250. The van der Waals surface area contributed by atoms with E-state index in [0.29, 0.717) is 15.9 Å². The Morgan fingerprint density at radius 1 is 1.15 bits per heavy atom. The van der Waals surface area contributed by atoms with Crippen molar-refractivity contribution in [3.63, 3.8) is 0 Å². The van der Waals surface area contributed by atoms with E-state index in [2.05, 4.69) is 15.8 Å². The molecule has 0 aliphatic rings. The Kier molecular flexibility index (Phi) is 6.13. The van der Waals surface area contributed by atoms with E-state index < -0.39 is 0 Å². The monoisotopic (exact) mass is 400 g/mol. The zero-order chi connectivity index (χ0) is 19.4. The lowest BCUT2D eigenvalue weighted by Crippen LogP contribution is -2.18. The number of thiazole rings is 1. The van der Waals surface area contributed by atoms with Crippen LogP contribution in [-0.4, -0.2) is 35.4 Å². The first-order valence-corrected chi connectivity index (χ1v) is 10.6. The summed E-state index contributed by atoms with van der Waals surface area (Å²) in [6.07, 6.45) is 2.05. The van der Waals surface area contributed by atoms with E-state index in [-0.39, 0.29) is 11.7 Å². The number of rotatable bonds is 6. The molecule has 0 spiro atoms. The molecule has 3 aromatic rings. The van der Waals surface area contributed by atoms with Gasteiger partial charge in [0, 0.05) is 23.4 Å². The smallest absolute Gasteiger partial charge is 0.279 e. The van der Waals surface area contributed by atoms with Gasteiger partial charge in [-0.2, -0.15) is 16.8 Å². The molecule has 3 rings (SSSR count). The van der Waals surface area contributed by atoms with Crippen molar-refractivity contribution in [1.82, 2.24) is 4.57 Å². The van der Waals surface area contributed by atoms with Crippen molar-refractivity contribution in [2.75, 3.05) is 19.1 Å². The number of aromatic nitrogens is 1. The number of aryl methyl sites for hydroxylation is 1. The molecule has 2 aromatic carbocycles. The molecule has 0 fully saturated rings. The lowest BCUT2D eigenvalue weighted by Gasteiger charge is -2.04. The molecule has 0 radical (unpaired) electrons. The number of carbonyl (C=O) groups is 2. The van der Waals surface area contributed by atoms with E-state index in [9.17, 15) is 9.59 Å². The number of methoxy groups -OCH3 is 1. The quantitative estimate of drug-likeness (QED) is 0.587. The largest absolute Gasteiger partial charge is 0.497 e. The molecule has 0 unspecified atom stereocenters.